The van der Waals surface area contributed by atoms with Crippen LogP contribution in [0.4, 0.5) is 4.79 Å². The van der Waals surface area contributed by atoms with Gasteiger partial charge in [0.1, 0.15) is 12.2 Å². The lowest BCUT2D eigenvalue weighted by atomic mass is 9.87. The Kier molecular flexibility index (Phi) is 25.3. The molecule has 2 amide bonds. The number of esters is 1. The Bertz CT molecular complexity index is 1890. The number of amides is 2. The molecule has 4 heterocycles. The van der Waals surface area contributed by atoms with Gasteiger partial charge in [-0.3, -0.25) is 4.79 Å². The van der Waals surface area contributed by atoms with Crippen molar-refractivity contribution in [2.45, 2.75) is 176 Å². The quantitative estimate of drug-likeness (QED) is 0.177. The topological polar surface area (TPSA) is 326 Å². The van der Waals surface area contributed by atoms with E-state index in [-0.39, 0.29) is 57.6 Å². The van der Waals surface area contributed by atoms with Crippen LogP contribution in [0.1, 0.15) is 83.7 Å². The molecule has 3 aliphatic heterocycles. The maximum Gasteiger partial charge on any atom is 0.315 e. The number of aromatic amines is 1. The van der Waals surface area contributed by atoms with Gasteiger partial charge >= 0.3 is 12.0 Å². The van der Waals surface area contributed by atoms with E-state index in [0.29, 0.717) is 6.42 Å². The Balaban J connectivity index is 1.55. The maximum absolute atomic E-state index is 13.2. The normalized spacial score (nSPS) is 39.8. The molecule has 2 bridgehead atoms. The number of aliphatic hydroxyl groups is 10. The molecule has 20 heteroatoms. The molecule has 0 radical (unpaired) electrons. The number of hydrogen-bond acceptors (Lipinski definition) is 17. The number of aromatic nitrogens is 2. The van der Waals surface area contributed by atoms with Crippen molar-refractivity contribution < 1.29 is 79.6 Å². The van der Waals surface area contributed by atoms with Gasteiger partial charge < -0.3 is 85.6 Å². The summed E-state index contributed by atoms with van der Waals surface area (Å²) >= 11 is 0. The van der Waals surface area contributed by atoms with Crippen molar-refractivity contribution in [3.8, 4) is 0 Å². The second kappa shape index (κ2) is 30.5. The zero-order valence-corrected chi connectivity index (χ0v) is 40.0. The monoisotopic (exact) mass is 989 g/mol. The van der Waals surface area contributed by atoms with Gasteiger partial charge in [0.15, 0.2) is 12.1 Å². The second-order valence-electron chi connectivity index (χ2n) is 18.4. The third kappa shape index (κ3) is 21.9. The summed E-state index contributed by atoms with van der Waals surface area (Å²) in [4.78, 5) is 32.7. The predicted octanol–water partition coefficient (Wildman–Crippen LogP) is 1.07. The summed E-state index contributed by atoms with van der Waals surface area (Å²) in [7, 11) is 0. The highest BCUT2D eigenvalue weighted by Crippen LogP contribution is 2.35. The van der Waals surface area contributed by atoms with E-state index in [9.17, 15) is 60.7 Å². The van der Waals surface area contributed by atoms with Crippen molar-refractivity contribution in [1.29, 1.82) is 0 Å². The van der Waals surface area contributed by atoms with Crippen molar-refractivity contribution in [3.05, 3.63) is 103 Å². The summed E-state index contributed by atoms with van der Waals surface area (Å²) in [6.07, 6.45) is 10.7. The minimum absolute atomic E-state index is 0.0208. The first-order chi connectivity index (χ1) is 33.4. The summed E-state index contributed by atoms with van der Waals surface area (Å²) in [6.45, 7) is 3.56. The fraction of sp³-hybridized carbons (Fsp3) is 0.620. The van der Waals surface area contributed by atoms with Gasteiger partial charge in [-0.15, -0.1) is 0 Å². The number of rotatable bonds is 6. The lowest BCUT2D eigenvalue weighted by Gasteiger charge is -2.46. The second-order valence-corrected chi connectivity index (χ2v) is 18.4. The summed E-state index contributed by atoms with van der Waals surface area (Å²) in [5.74, 6) is -3.21. The molecule has 2 fully saturated rings. The fourth-order valence-corrected chi connectivity index (χ4v) is 8.26. The highest BCUT2D eigenvalue weighted by molar-refractivity contribution is 5.74. The third-order valence-corrected chi connectivity index (χ3v) is 12.0. The average molecular weight is 989 g/mol. The van der Waals surface area contributed by atoms with Gasteiger partial charge in [-0.1, -0.05) is 92.0 Å². The smallest absolute Gasteiger partial charge is 0.315 e. The van der Waals surface area contributed by atoms with Crippen LogP contribution in [-0.2, 0) is 30.2 Å². The Hall–Kier alpha value is -4.39. The van der Waals surface area contributed by atoms with Crippen LogP contribution < -0.4 is 10.6 Å². The average Bonchev–Trinajstić information content (AvgIpc) is 3.80. The van der Waals surface area contributed by atoms with E-state index in [4.69, 9.17) is 18.9 Å². The molecule has 0 unspecified atom stereocenters. The molecular weight excluding hydrogens is 913 g/mol. The van der Waals surface area contributed by atoms with Crippen LogP contribution in [-0.4, -0.2) is 178 Å². The number of allylic oxidation sites excluding steroid dienone is 12. The first-order valence-corrected chi connectivity index (χ1v) is 24.1. The van der Waals surface area contributed by atoms with E-state index in [1.54, 1.807) is 55.7 Å². The summed E-state index contributed by atoms with van der Waals surface area (Å²) in [5, 5.41) is 114. The number of carbonyl (C=O) groups is 2. The number of hydrogen-bond donors (Lipinski definition) is 13. The van der Waals surface area contributed by atoms with E-state index in [1.807, 2.05) is 49.5 Å². The highest BCUT2D eigenvalue weighted by atomic mass is 16.7. The van der Waals surface area contributed by atoms with Crippen molar-refractivity contribution >= 4 is 12.0 Å². The largest absolute Gasteiger partial charge is 0.462 e. The van der Waals surface area contributed by atoms with Crippen LogP contribution in [0, 0.1) is 5.92 Å². The molecule has 0 spiro atoms. The first kappa shape index (κ1) is 58.2. The van der Waals surface area contributed by atoms with E-state index >= 15 is 0 Å². The van der Waals surface area contributed by atoms with Gasteiger partial charge in [0, 0.05) is 69.3 Å². The molecule has 70 heavy (non-hydrogen) atoms. The van der Waals surface area contributed by atoms with Crippen LogP contribution >= 0.6 is 0 Å². The van der Waals surface area contributed by atoms with Crippen molar-refractivity contribution in [1.82, 2.24) is 20.6 Å². The van der Waals surface area contributed by atoms with Crippen molar-refractivity contribution in [2.75, 3.05) is 13.2 Å². The summed E-state index contributed by atoms with van der Waals surface area (Å²) in [5.41, 5.74) is 0.777. The van der Waals surface area contributed by atoms with E-state index in [1.165, 1.54) is 6.33 Å². The maximum atomic E-state index is 13.2. The van der Waals surface area contributed by atoms with Gasteiger partial charge in [-0.25, -0.2) is 9.78 Å². The van der Waals surface area contributed by atoms with Gasteiger partial charge in [0.05, 0.1) is 86.4 Å². The fourth-order valence-electron chi connectivity index (χ4n) is 8.26. The molecule has 2 saturated heterocycles. The van der Waals surface area contributed by atoms with Crippen LogP contribution in [0.2, 0.25) is 0 Å². The number of nitrogens with zero attached hydrogens (tertiary/aromatic N) is 1. The number of H-pyrrole nitrogens is 1. The molecular formula is C50H76N4O16. The molecule has 0 aromatic carbocycles. The van der Waals surface area contributed by atoms with Gasteiger partial charge in [-0.05, 0) is 26.2 Å². The van der Waals surface area contributed by atoms with Gasteiger partial charge in [-0.2, -0.15) is 0 Å². The standard InChI is InChI=1S/C50H76N4O16/c1-32-15-13-11-9-7-5-3-4-6-8-10-12-14-16-39(69-48-43(62)24-38(58)30-67-48)26-45-47(54-49(65)52-20-19-34-29-51-31-53-34)44(63)28-50(66,70-45)27-37(57)23-42(61)40(59)18-17-35(55)22-36(56)25-46(64)68-33(2)21-41(32)60/h3-16,29,31-33,35-45,47-48,55-63,66H,17-28,30H2,1-2H3,(H,51,53)(H2,52,54,65)/b4-3-,7-5-,8-6-,11-9-,12-10-,15-13-,16-14-/t32-,33-,35+,36+,37-,38-,39-,40+,41-,42+,43-,44-,45-,47+,48-,50+/m0/s1. The Morgan fingerprint density at radius 3 is 2.01 bits per heavy atom. The number of aliphatic hydroxyl groups excluding tert-OH is 9. The van der Waals surface area contributed by atoms with E-state index in [2.05, 4.69) is 20.6 Å². The number of imidazole rings is 1. The van der Waals surface area contributed by atoms with Crippen LogP contribution in [0.3, 0.4) is 0 Å². The zero-order chi connectivity index (χ0) is 51.1. The Morgan fingerprint density at radius 1 is 0.729 bits per heavy atom. The Morgan fingerprint density at radius 2 is 1.37 bits per heavy atom. The van der Waals surface area contributed by atoms with Crippen LogP contribution in [0.5, 0.6) is 0 Å². The van der Waals surface area contributed by atoms with Crippen molar-refractivity contribution in [3.63, 3.8) is 0 Å². The number of nitrogens with one attached hydrogen (secondary N) is 3. The number of ether oxygens (including phenoxy) is 4. The lowest BCUT2D eigenvalue weighted by molar-refractivity contribution is -0.298. The molecule has 0 aliphatic carbocycles. The summed E-state index contributed by atoms with van der Waals surface area (Å²) in [6, 6.07) is -1.80. The summed E-state index contributed by atoms with van der Waals surface area (Å²) < 4.78 is 23.4. The molecule has 1 aromatic rings. The SMILES string of the molecule is C[C@H]1C[C@H](O)[C@@H](C)\C=C/C=C\C=C/C=C\C=C/C=C\C=C/[C@H](O[C@@H]2OC[C@@H](O)C[C@@H]2O)C[C@@H]2O[C@](O)(C[C@@H](O)C[C@@H](O)[C@H](O)CC[C@@H](O)C[C@@H](O)CC(=O)O1)C[C@H](O)[C@H]2NC(=O)NCCc1cnc[nH]1. The van der Waals surface area contributed by atoms with E-state index in [0.717, 1.165) is 5.69 Å². The van der Waals surface area contributed by atoms with Crippen molar-refractivity contribution in [2.24, 2.45) is 5.92 Å². The minimum Gasteiger partial charge on any atom is -0.462 e. The predicted molar refractivity (Wildman–Crippen MR) is 256 cm³/mol. The Labute approximate surface area is 409 Å². The molecule has 3 aliphatic rings. The first-order valence-electron chi connectivity index (χ1n) is 24.1. The molecule has 20 nitrogen and oxygen atoms in total. The lowest BCUT2D eigenvalue weighted by Crippen LogP contribution is -2.63. The van der Waals surface area contributed by atoms with E-state index < -0.39 is 129 Å². The molecule has 0 saturated carbocycles. The van der Waals surface area contributed by atoms with Crippen LogP contribution in [0.25, 0.3) is 0 Å². The highest BCUT2D eigenvalue weighted by Gasteiger charge is 2.48. The molecule has 16 atom stereocenters. The number of cyclic esters (lactones) is 1. The molecule has 1 aromatic heterocycles. The van der Waals surface area contributed by atoms with Gasteiger partial charge in [0.2, 0.25) is 0 Å². The van der Waals surface area contributed by atoms with Crippen LogP contribution in [0.15, 0.2) is 97.6 Å². The number of carbonyl (C=O) groups excluding carboxylic acids is 2. The number of urea groups is 1. The molecule has 392 valence electrons. The molecule has 13 N–H and O–H groups in total. The minimum atomic E-state index is -2.23. The zero-order valence-electron chi connectivity index (χ0n) is 40.0. The number of fused-ring (bicyclic) bond motifs is 2. The van der Waals surface area contributed by atoms with Gasteiger partial charge in [0.25, 0.3) is 0 Å². The third-order valence-electron chi connectivity index (χ3n) is 12.0. The molecule has 4 rings (SSSR count).